The molecule has 0 N–H and O–H groups in total. The van der Waals surface area contributed by atoms with Gasteiger partial charge in [-0.25, -0.2) is 4.98 Å². The molecule has 4 aromatic carbocycles. The second-order valence-electron chi connectivity index (χ2n) is 8.65. The summed E-state index contributed by atoms with van der Waals surface area (Å²) in [6.07, 6.45) is 6.10. The highest BCUT2D eigenvalue weighted by Gasteiger charge is 2.12. The van der Waals surface area contributed by atoms with E-state index in [1.54, 1.807) is 16.7 Å². The summed E-state index contributed by atoms with van der Waals surface area (Å²) in [7, 11) is 0. The minimum Gasteiger partial charge on any atom is -0.342 e. The first-order valence-electron chi connectivity index (χ1n) is 11.7. The Morgan fingerprint density at radius 3 is 2.25 bits per heavy atom. The van der Waals surface area contributed by atoms with Gasteiger partial charge >= 0.3 is 0 Å². The van der Waals surface area contributed by atoms with Crippen LogP contribution in [0.1, 0.15) is 17.0 Å². The van der Waals surface area contributed by atoms with Gasteiger partial charge in [0.25, 0.3) is 5.56 Å². The maximum atomic E-state index is 13.5. The zero-order chi connectivity index (χ0) is 24.5. The van der Waals surface area contributed by atoms with Gasteiger partial charge in [0.1, 0.15) is 5.82 Å². The average Bonchev–Trinajstić information content (AvgIpc) is 3.26. The quantitative estimate of drug-likeness (QED) is 0.257. The van der Waals surface area contributed by atoms with Crippen LogP contribution in [-0.4, -0.2) is 14.1 Å². The molecule has 0 bridgehead atoms. The van der Waals surface area contributed by atoms with Crippen LogP contribution in [0.15, 0.2) is 114 Å². The van der Waals surface area contributed by atoms with Crippen LogP contribution >= 0.6 is 11.6 Å². The van der Waals surface area contributed by atoms with Crippen molar-refractivity contribution in [2.24, 2.45) is 0 Å². The molecule has 0 aliphatic heterocycles. The van der Waals surface area contributed by atoms with Crippen LogP contribution in [0.4, 0.5) is 0 Å². The zero-order valence-corrected chi connectivity index (χ0v) is 20.1. The Morgan fingerprint density at radius 1 is 0.750 bits per heavy atom. The van der Waals surface area contributed by atoms with Crippen molar-refractivity contribution in [1.82, 2.24) is 14.1 Å². The smallest absolute Gasteiger partial charge is 0.266 e. The molecule has 0 aliphatic rings. The molecule has 36 heavy (non-hydrogen) atoms. The third kappa shape index (κ3) is 4.12. The second kappa shape index (κ2) is 9.33. The van der Waals surface area contributed by atoms with E-state index < -0.39 is 0 Å². The highest BCUT2D eigenvalue weighted by atomic mass is 35.5. The maximum absolute atomic E-state index is 13.5. The number of halogens is 1. The third-order valence-corrected chi connectivity index (χ3v) is 6.57. The van der Waals surface area contributed by atoms with Crippen molar-refractivity contribution in [3.8, 4) is 5.69 Å². The van der Waals surface area contributed by atoms with Gasteiger partial charge in [-0.05, 0) is 60.2 Å². The summed E-state index contributed by atoms with van der Waals surface area (Å²) in [5.74, 6) is 0.556. The number of hydrogen-bond donors (Lipinski definition) is 0. The number of aromatic nitrogens is 3. The van der Waals surface area contributed by atoms with Gasteiger partial charge in [0.15, 0.2) is 0 Å². The predicted molar refractivity (Wildman–Crippen MR) is 149 cm³/mol. The Balaban J connectivity index is 1.49. The number of para-hydroxylation sites is 2. The minimum absolute atomic E-state index is 0.117. The summed E-state index contributed by atoms with van der Waals surface area (Å²) < 4.78 is 3.89. The van der Waals surface area contributed by atoms with Gasteiger partial charge in [0.2, 0.25) is 0 Å². The Bertz CT molecular complexity index is 1780. The first-order chi connectivity index (χ1) is 17.7. The van der Waals surface area contributed by atoms with E-state index in [9.17, 15) is 4.79 Å². The summed E-state index contributed by atoms with van der Waals surface area (Å²) in [6, 6.07) is 33.4. The van der Waals surface area contributed by atoms with Crippen molar-refractivity contribution in [2.75, 3.05) is 0 Å². The summed E-state index contributed by atoms with van der Waals surface area (Å²) in [6.45, 7) is 0.777. The van der Waals surface area contributed by atoms with Crippen molar-refractivity contribution in [3.63, 3.8) is 0 Å². The number of fused-ring (bicyclic) bond motifs is 2. The molecule has 0 fully saturated rings. The molecule has 0 aliphatic carbocycles. The van der Waals surface area contributed by atoms with Crippen molar-refractivity contribution in [1.29, 1.82) is 0 Å². The van der Waals surface area contributed by atoms with Crippen LogP contribution < -0.4 is 5.56 Å². The van der Waals surface area contributed by atoms with Crippen LogP contribution in [0.25, 0.3) is 39.6 Å². The first kappa shape index (κ1) is 22.1. The molecular weight excluding hydrogens is 466 g/mol. The van der Waals surface area contributed by atoms with E-state index in [0.717, 1.165) is 23.0 Å². The zero-order valence-electron chi connectivity index (χ0n) is 19.4. The van der Waals surface area contributed by atoms with Gasteiger partial charge in [-0.2, -0.15) is 0 Å². The van der Waals surface area contributed by atoms with E-state index in [4.69, 9.17) is 16.6 Å². The molecule has 0 atom stereocenters. The van der Waals surface area contributed by atoms with Gasteiger partial charge in [-0.3, -0.25) is 9.36 Å². The molecule has 6 aromatic rings. The summed E-state index contributed by atoms with van der Waals surface area (Å²) in [5.41, 5.74) is 4.72. The van der Waals surface area contributed by atoms with E-state index in [-0.39, 0.29) is 5.56 Å². The molecule has 0 spiro atoms. The van der Waals surface area contributed by atoms with Crippen molar-refractivity contribution in [3.05, 3.63) is 142 Å². The molecule has 0 amide bonds. The molecule has 0 saturated heterocycles. The van der Waals surface area contributed by atoms with E-state index in [2.05, 4.69) is 53.2 Å². The third-order valence-electron chi connectivity index (χ3n) is 6.31. The van der Waals surface area contributed by atoms with Gasteiger partial charge in [0.05, 0.1) is 16.6 Å². The molecule has 174 valence electrons. The Labute approximate surface area is 213 Å². The number of benzene rings is 4. The molecule has 0 saturated carbocycles. The highest BCUT2D eigenvalue weighted by molar-refractivity contribution is 6.30. The normalized spacial score (nSPS) is 11.6. The number of nitrogens with zero attached hydrogens (tertiary/aromatic N) is 3. The highest BCUT2D eigenvalue weighted by Crippen LogP contribution is 2.25. The molecular formula is C31H22ClN3O. The Morgan fingerprint density at radius 2 is 1.44 bits per heavy atom. The van der Waals surface area contributed by atoms with Crippen LogP contribution in [-0.2, 0) is 6.54 Å². The molecule has 6 rings (SSSR count). The summed E-state index contributed by atoms with van der Waals surface area (Å²) >= 11 is 6.11. The van der Waals surface area contributed by atoms with Gasteiger partial charge in [0, 0.05) is 34.2 Å². The number of rotatable bonds is 5. The predicted octanol–water partition coefficient (Wildman–Crippen LogP) is 7.21. The molecule has 4 nitrogen and oxygen atoms in total. The van der Waals surface area contributed by atoms with Gasteiger partial charge in [-0.15, -0.1) is 0 Å². The van der Waals surface area contributed by atoms with Crippen LogP contribution in [0.2, 0.25) is 5.02 Å². The van der Waals surface area contributed by atoms with Crippen molar-refractivity contribution >= 4 is 45.6 Å². The fourth-order valence-corrected chi connectivity index (χ4v) is 4.71. The lowest BCUT2D eigenvalue weighted by Gasteiger charge is -2.11. The molecule has 0 unspecified atom stereocenters. The number of hydrogen-bond acceptors (Lipinski definition) is 2. The Hall–Kier alpha value is -4.41. The first-order valence-corrected chi connectivity index (χ1v) is 12.1. The molecule has 2 aromatic heterocycles. The molecule has 5 heteroatoms. The second-order valence-corrected chi connectivity index (χ2v) is 9.09. The monoisotopic (exact) mass is 487 g/mol. The van der Waals surface area contributed by atoms with Crippen LogP contribution in [0, 0.1) is 0 Å². The summed E-state index contributed by atoms with van der Waals surface area (Å²) in [5, 5.41) is 2.33. The fraction of sp³-hybridized carbons (Fsp3) is 0.0323. The SMILES string of the molecule is O=c1c2ccccc2nc(C=Cc2cn(Cc3ccccc3)c3ccccc23)n1-c1ccc(Cl)cc1. The van der Waals surface area contributed by atoms with E-state index in [1.807, 2.05) is 60.7 Å². The van der Waals surface area contributed by atoms with Crippen LogP contribution in [0.3, 0.4) is 0 Å². The largest absolute Gasteiger partial charge is 0.342 e. The van der Waals surface area contributed by atoms with E-state index in [0.29, 0.717) is 27.4 Å². The van der Waals surface area contributed by atoms with Crippen molar-refractivity contribution < 1.29 is 0 Å². The minimum atomic E-state index is -0.117. The van der Waals surface area contributed by atoms with E-state index >= 15 is 0 Å². The topological polar surface area (TPSA) is 39.8 Å². The maximum Gasteiger partial charge on any atom is 0.266 e. The van der Waals surface area contributed by atoms with Crippen molar-refractivity contribution in [2.45, 2.75) is 6.54 Å². The van der Waals surface area contributed by atoms with E-state index in [1.165, 1.54) is 5.56 Å². The standard InChI is InChI=1S/C31H22ClN3O/c32-24-15-17-25(18-16-24)35-30(33-28-12-6-4-11-27(28)31(35)36)19-14-23-21-34(20-22-8-2-1-3-9-22)29-13-7-5-10-26(23)29/h1-19,21H,20H2. The fourth-order valence-electron chi connectivity index (χ4n) is 4.58. The lowest BCUT2D eigenvalue weighted by atomic mass is 10.1. The Kier molecular flexibility index (Phi) is 5.72. The average molecular weight is 488 g/mol. The molecule has 2 heterocycles. The molecule has 0 radical (unpaired) electrons. The van der Waals surface area contributed by atoms with Crippen LogP contribution in [0.5, 0.6) is 0 Å². The lowest BCUT2D eigenvalue weighted by molar-refractivity contribution is 0.836. The van der Waals surface area contributed by atoms with Gasteiger partial charge < -0.3 is 4.57 Å². The summed E-state index contributed by atoms with van der Waals surface area (Å²) in [4.78, 5) is 18.4. The van der Waals surface area contributed by atoms with Gasteiger partial charge in [-0.1, -0.05) is 72.3 Å². The lowest BCUT2D eigenvalue weighted by Crippen LogP contribution is -2.22.